The van der Waals surface area contributed by atoms with Crippen LogP contribution in [-0.4, -0.2) is 32.9 Å². The van der Waals surface area contributed by atoms with Crippen LogP contribution in [-0.2, 0) is 4.74 Å². The van der Waals surface area contributed by atoms with Crippen LogP contribution >= 0.6 is 11.6 Å². The molecule has 0 spiro atoms. The largest absolute Gasteiger partial charge is 0.444 e. The van der Waals surface area contributed by atoms with E-state index >= 15 is 0 Å². The molecule has 174 valence electrons. The van der Waals surface area contributed by atoms with Crippen molar-refractivity contribution in [3.05, 3.63) is 59.5 Å². The lowest BCUT2D eigenvalue weighted by molar-refractivity contribution is 0.0499. The Morgan fingerprint density at radius 1 is 1.03 bits per heavy atom. The van der Waals surface area contributed by atoms with E-state index in [1.165, 1.54) is 0 Å². The van der Waals surface area contributed by atoms with E-state index in [2.05, 4.69) is 15.4 Å². The fourth-order valence-corrected chi connectivity index (χ4v) is 4.61. The number of alkyl carbamates (subject to hydrolysis) is 1. The molecule has 1 aromatic carbocycles. The lowest BCUT2D eigenvalue weighted by Crippen LogP contribution is -2.38. The van der Waals surface area contributed by atoms with Gasteiger partial charge >= 0.3 is 6.09 Å². The van der Waals surface area contributed by atoms with Crippen molar-refractivity contribution in [2.45, 2.75) is 70.4 Å². The molecule has 1 saturated carbocycles. The monoisotopic (exact) mass is 466 g/mol. The maximum Gasteiger partial charge on any atom is 0.407 e. The van der Waals surface area contributed by atoms with Crippen molar-refractivity contribution in [2.24, 2.45) is 0 Å². The summed E-state index contributed by atoms with van der Waals surface area (Å²) in [6.07, 6.45) is 8.14. The number of carbonyl (C=O) groups is 1. The van der Waals surface area contributed by atoms with Gasteiger partial charge in [-0.3, -0.25) is 10.1 Å². The Morgan fingerprint density at radius 2 is 1.76 bits per heavy atom. The third-order valence-electron chi connectivity index (χ3n) is 5.98. The fourth-order valence-electron chi connectivity index (χ4n) is 4.49. The van der Waals surface area contributed by atoms with Crippen molar-refractivity contribution >= 4 is 17.7 Å². The summed E-state index contributed by atoms with van der Waals surface area (Å²) >= 11 is 6.11. The number of ether oxygens (including phenoxy) is 1. The number of carbonyl (C=O) groups excluding carboxylic acids is 1. The predicted octanol–water partition coefficient (Wildman–Crippen LogP) is 6.73. The number of hydrogen-bond acceptors (Lipinski definition) is 4. The molecule has 2 aromatic heterocycles. The molecular formula is C26H31ClN4O2. The van der Waals surface area contributed by atoms with E-state index < -0.39 is 5.60 Å². The highest BCUT2D eigenvalue weighted by molar-refractivity contribution is 6.30. The van der Waals surface area contributed by atoms with Gasteiger partial charge in [-0.05, 0) is 76.3 Å². The zero-order valence-electron chi connectivity index (χ0n) is 19.4. The highest BCUT2D eigenvalue weighted by atomic mass is 35.5. The van der Waals surface area contributed by atoms with Crippen molar-refractivity contribution in [1.82, 2.24) is 20.5 Å². The van der Waals surface area contributed by atoms with E-state index in [-0.39, 0.29) is 12.1 Å². The molecule has 1 fully saturated rings. The van der Waals surface area contributed by atoms with Crippen LogP contribution in [0.2, 0.25) is 5.02 Å². The Labute approximate surface area is 200 Å². The van der Waals surface area contributed by atoms with Gasteiger partial charge in [0.05, 0.1) is 0 Å². The number of aromatic nitrogens is 3. The highest BCUT2D eigenvalue weighted by Crippen LogP contribution is 2.41. The zero-order chi connectivity index (χ0) is 23.4. The molecule has 0 bridgehead atoms. The first-order valence-corrected chi connectivity index (χ1v) is 11.9. The second-order valence-corrected chi connectivity index (χ2v) is 10.1. The molecule has 33 heavy (non-hydrogen) atoms. The molecule has 7 heteroatoms. The summed E-state index contributed by atoms with van der Waals surface area (Å²) in [5, 5.41) is 11.8. The lowest BCUT2D eigenvalue weighted by Gasteiger charge is -2.23. The van der Waals surface area contributed by atoms with Gasteiger partial charge in [0.25, 0.3) is 0 Å². The van der Waals surface area contributed by atoms with Crippen molar-refractivity contribution in [3.8, 4) is 22.4 Å². The molecule has 6 nitrogen and oxygen atoms in total. The van der Waals surface area contributed by atoms with Gasteiger partial charge in [0.15, 0.2) is 0 Å². The van der Waals surface area contributed by atoms with Crippen molar-refractivity contribution in [2.75, 3.05) is 0 Å². The molecule has 4 rings (SSSR count). The van der Waals surface area contributed by atoms with Gasteiger partial charge in [-0.2, -0.15) is 5.10 Å². The highest BCUT2D eigenvalue weighted by Gasteiger charge is 2.28. The smallest absolute Gasteiger partial charge is 0.407 e. The summed E-state index contributed by atoms with van der Waals surface area (Å²) in [6.45, 7) is 5.65. The first-order valence-electron chi connectivity index (χ1n) is 11.5. The molecule has 1 aliphatic carbocycles. The number of benzene rings is 1. The molecule has 3 aromatic rings. The van der Waals surface area contributed by atoms with Crippen LogP contribution in [0.4, 0.5) is 4.79 Å². The first-order chi connectivity index (χ1) is 15.8. The van der Waals surface area contributed by atoms with Crippen molar-refractivity contribution in [3.63, 3.8) is 0 Å². The SMILES string of the molecule is CC(C)(C)OC(=O)N[C@H]1CCCC(c2[nH]nc(-c3ccc(Cl)cc3)c2-c2ccncc2)CC1. The maximum absolute atomic E-state index is 12.2. The summed E-state index contributed by atoms with van der Waals surface area (Å²) in [6, 6.07) is 11.9. The zero-order valence-corrected chi connectivity index (χ0v) is 20.2. The van der Waals surface area contributed by atoms with Crippen LogP contribution in [0.25, 0.3) is 22.4 Å². The molecule has 0 saturated heterocycles. The Balaban J connectivity index is 1.57. The summed E-state index contributed by atoms with van der Waals surface area (Å²) < 4.78 is 5.45. The van der Waals surface area contributed by atoms with Crippen LogP contribution < -0.4 is 5.32 Å². The summed E-state index contributed by atoms with van der Waals surface area (Å²) in [5.74, 6) is 0.326. The average molecular weight is 467 g/mol. The van der Waals surface area contributed by atoms with Gasteiger partial charge in [0, 0.05) is 46.2 Å². The number of nitrogens with zero attached hydrogens (tertiary/aromatic N) is 2. The number of aromatic amines is 1. The topological polar surface area (TPSA) is 79.9 Å². The molecule has 0 aliphatic heterocycles. The Morgan fingerprint density at radius 3 is 2.45 bits per heavy atom. The van der Waals surface area contributed by atoms with E-state index in [1.54, 1.807) is 0 Å². The van der Waals surface area contributed by atoms with Gasteiger partial charge in [0.2, 0.25) is 0 Å². The van der Waals surface area contributed by atoms with Crippen LogP contribution in [0, 0.1) is 0 Å². The van der Waals surface area contributed by atoms with Gasteiger partial charge in [-0.25, -0.2) is 4.79 Å². The van der Waals surface area contributed by atoms with E-state index in [9.17, 15) is 4.79 Å². The number of halogens is 1. The van der Waals surface area contributed by atoms with Gasteiger partial charge in [-0.15, -0.1) is 0 Å². The standard InChI is InChI=1S/C26H31ClN4O2/c1-26(2,3)33-25(32)29-21-6-4-5-18(9-12-21)23-22(17-13-15-28-16-14-17)24(31-30-23)19-7-10-20(27)11-8-19/h7-8,10-11,13-16,18,21H,4-6,9,12H2,1-3H3,(H,29,32)(H,30,31)/t18?,21-/m0/s1. The molecule has 1 amide bonds. The Bertz CT molecular complexity index is 1070. The minimum atomic E-state index is -0.495. The van der Waals surface area contributed by atoms with Crippen molar-refractivity contribution in [1.29, 1.82) is 0 Å². The molecule has 1 aliphatic rings. The van der Waals surface area contributed by atoms with Gasteiger partial charge in [0.1, 0.15) is 11.3 Å². The quantitative estimate of drug-likeness (QED) is 0.417. The maximum atomic E-state index is 12.2. The average Bonchev–Trinajstić information content (AvgIpc) is 3.08. The van der Waals surface area contributed by atoms with Crippen LogP contribution in [0.5, 0.6) is 0 Å². The second-order valence-electron chi connectivity index (χ2n) is 9.65. The number of amides is 1. The molecule has 2 atom stereocenters. The van der Waals surface area contributed by atoms with Crippen LogP contribution in [0.1, 0.15) is 64.5 Å². The third-order valence-corrected chi connectivity index (χ3v) is 6.23. The summed E-state index contributed by atoms with van der Waals surface area (Å²) in [4.78, 5) is 16.4. The number of hydrogen-bond donors (Lipinski definition) is 2. The predicted molar refractivity (Wildman–Crippen MR) is 131 cm³/mol. The number of nitrogens with one attached hydrogen (secondary N) is 2. The summed E-state index contributed by atoms with van der Waals surface area (Å²) in [7, 11) is 0. The normalized spacial score (nSPS) is 19.0. The fraction of sp³-hybridized carbons (Fsp3) is 0.423. The first kappa shape index (κ1) is 23.3. The third kappa shape index (κ3) is 5.93. The Kier molecular flexibility index (Phi) is 7.03. The molecule has 1 unspecified atom stereocenters. The van der Waals surface area contributed by atoms with Crippen LogP contribution in [0.15, 0.2) is 48.8 Å². The van der Waals surface area contributed by atoms with Gasteiger partial charge < -0.3 is 10.1 Å². The minimum absolute atomic E-state index is 0.118. The minimum Gasteiger partial charge on any atom is -0.444 e. The van der Waals surface area contributed by atoms with Gasteiger partial charge in [-0.1, -0.05) is 30.2 Å². The lowest BCUT2D eigenvalue weighted by atomic mass is 9.89. The molecule has 2 heterocycles. The number of rotatable bonds is 4. The number of H-pyrrole nitrogens is 1. The van der Waals surface area contributed by atoms with E-state index in [1.807, 2.05) is 69.6 Å². The van der Waals surface area contributed by atoms with Crippen LogP contribution in [0.3, 0.4) is 0 Å². The number of pyridine rings is 1. The Hall–Kier alpha value is -2.86. The molecule has 2 N–H and O–H groups in total. The van der Waals surface area contributed by atoms with E-state index in [0.29, 0.717) is 10.9 Å². The van der Waals surface area contributed by atoms with E-state index in [4.69, 9.17) is 21.4 Å². The second kappa shape index (κ2) is 9.96. The van der Waals surface area contributed by atoms with Crippen molar-refractivity contribution < 1.29 is 9.53 Å². The summed E-state index contributed by atoms with van der Waals surface area (Å²) in [5.41, 5.74) is 4.79. The van der Waals surface area contributed by atoms with E-state index in [0.717, 1.165) is 60.2 Å². The molecular weight excluding hydrogens is 436 g/mol. The molecule has 0 radical (unpaired) electrons.